The van der Waals surface area contributed by atoms with E-state index in [-0.39, 0.29) is 11.9 Å². The molecule has 2 aromatic carbocycles. The normalized spacial score (nSPS) is 12.2. The van der Waals surface area contributed by atoms with E-state index in [1.165, 1.54) is 11.1 Å². The molecular weight excluding hydrogens is 314 g/mol. The highest BCUT2D eigenvalue weighted by Gasteiger charge is 2.19. The van der Waals surface area contributed by atoms with E-state index >= 15 is 0 Å². The number of hydrogen-bond acceptors (Lipinski definition) is 3. The Morgan fingerprint density at radius 3 is 2.68 bits per heavy atom. The predicted molar refractivity (Wildman–Crippen MR) is 99.2 cm³/mol. The number of amides is 1. The molecule has 1 N–H and O–H groups in total. The molecular formula is C21H23NO3. The van der Waals surface area contributed by atoms with Crippen LogP contribution >= 0.6 is 0 Å². The van der Waals surface area contributed by atoms with Gasteiger partial charge in [-0.25, -0.2) is 0 Å². The molecule has 0 radical (unpaired) electrons. The highest BCUT2D eigenvalue weighted by molar-refractivity contribution is 5.97. The molecule has 1 amide bonds. The first-order valence-electron chi connectivity index (χ1n) is 8.48. The molecule has 0 saturated heterocycles. The van der Waals surface area contributed by atoms with Gasteiger partial charge in [-0.1, -0.05) is 42.8 Å². The monoisotopic (exact) mass is 337 g/mol. The Bertz CT molecular complexity index is 911. The Morgan fingerprint density at radius 2 is 2.00 bits per heavy atom. The van der Waals surface area contributed by atoms with Crippen molar-refractivity contribution in [3.05, 3.63) is 64.9 Å². The zero-order valence-corrected chi connectivity index (χ0v) is 15.1. The minimum absolute atomic E-state index is 0.0526. The highest BCUT2D eigenvalue weighted by Crippen LogP contribution is 2.29. The van der Waals surface area contributed by atoms with Crippen molar-refractivity contribution in [1.82, 2.24) is 5.32 Å². The number of carbonyl (C=O) groups excluding carboxylic acids is 1. The Kier molecular flexibility index (Phi) is 4.79. The lowest BCUT2D eigenvalue weighted by atomic mass is 9.97. The number of methoxy groups -OCH3 is 1. The van der Waals surface area contributed by atoms with Crippen LogP contribution in [0.1, 0.15) is 46.6 Å². The van der Waals surface area contributed by atoms with Crippen molar-refractivity contribution in [1.29, 1.82) is 0 Å². The molecule has 0 saturated carbocycles. The summed E-state index contributed by atoms with van der Waals surface area (Å²) < 4.78 is 11.0. The molecule has 0 fully saturated rings. The van der Waals surface area contributed by atoms with E-state index in [1.807, 2.05) is 18.2 Å². The standard InChI is InChI=1S/C21H23NO3/c1-5-17(16-10-9-13(2)11-14(16)3)22-21(23)19-12-15-7-6-8-18(24-4)20(15)25-19/h6-12,17H,5H2,1-4H3,(H,22,23)/t17-/m1/s1. The van der Waals surface area contributed by atoms with Gasteiger partial charge in [0.05, 0.1) is 13.2 Å². The van der Waals surface area contributed by atoms with Crippen LogP contribution in [-0.4, -0.2) is 13.0 Å². The minimum Gasteiger partial charge on any atom is -0.493 e. The number of para-hydroxylation sites is 1. The smallest absolute Gasteiger partial charge is 0.287 e. The molecule has 0 aliphatic heterocycles. The molecule has 1 atom stereocenters. The third kappa shape index (κ3) is 3.38. The number of benzene rings is 2. The van der Waals surface area contributed by atoms with Crippen LogP contribution in [0.25, 0.3) is 11.0 Å². The van der Waals surface area contributed by atoms with Crippen LogP contribution < -0.4 is 10.1 Å². The number of carbonyl (C=O) groups is 1. The number of furan rings is 1. The molecule has 3 aromatic rings. The Labute approximate surface area is 147 Å². The fourth-order valence-corrected chi connectivity index (χ4v) is 3.15. The van der Waals surface area contributed by atoms with E-state index in [0.29, 0.717) is 17.1 Å². The third-order valence-corrected chi connectivity index (χ3v) is 4.47. The zero-order chi connectivity index (χ0) is 18.0. The lowest BCUT2D eigenvalue weighted by Crippen LogP contribution is -2.28. The number of fused-ring (bicyclic) bond motifs is 1. The average molecular weight is 337 g/mol. The van der Waals surface area contributed by atoms with Crippen molar-refractivity contribution in [3.63, 3.8) is 0 Å². The summed E-state index contributed by atoms with van der Waals surface area (Å²) in [6.45, 7) is 6.20. The lowest BCUT2D eigenvalue weighted by molar-refractivity contribution is 0.0909. The quantitative estimate of drug-likeness (QED) is 0.717. The van der Waals surface area contributed by atoms with Crippen LogP contribution in [0, 0.1) is 13.8 Å². The van der Waals surface area contributed by atoms with Crippen molar-refractivity contribution >= 4 is 16.9 Å². The van der Waals surface area contributed by atoms with Gasteiger partial charge in [-0.15, -0.1) is 0 Å². The molecule has 25 heavy (non-hydrogen) atoms. The first-order valence-corrected chi connectivity index (χ1v) is 8.48. The molecule has 0 aliphatic carbocycles. The van der Waals surface area contributed by atoms with Crippen molar-refractivity contribution in [2.75, 3.05) is 7.11 Å². The second-order valence-electron chi connectivity index (χ2n) is 6.28. The fourth-order valence-electron chi connectivity index (χ4n) is 3.15. The van der Waals surface area contributed by atoms with Gasteiger partial charge in [-0.3, -0.25) is 4.79 Å². The second kappa shape index (κ2) is 7.01. The summed E-state index contributed by atoms with van der Waals surface area (Å²) in [6.07, 6.45) is 0.805. The van der Waals surface area contributed by atoms with Crippen molar-refractivity contribution in [3.8, 4) is 5.75 Å². The van der Waals surface area contributed by atoms with Crippen molar-refractivity contribution in [2.24, 2.45) is 0 Å². The highest BCUT2D eigenvalue weighted by atomic mass is 16.5. The van der Waals surface area contributed by atoms with Gasteiger partial charge in [0.25, 0.3) is 5.91 Å². The summed E-state index contributed by atoms with van der Waals surface area (Å²) in [6, 6.07) is 13.6. The Morgan fingerprint density at radius 1 is 1.20 bits per heavy atom. The number of nitrogens with one attached hydrogen (secondary N) is 1. The summed E-state index contributed by atoms with van der Waals surface area (Å²) in [5.74, 6) is 0.700. The summed E-state index contributed by atoms with van der Waals surface area (Å²) in [5.41, 5.74) is 4.12. The summed E-state index contributed by atoms with van der Waals surface area (Å²) in [7, 11) is 1.59. The zero-order valence-electron chi connectivity index (χ0n) is 15.1. The van der Waals surface area contributed by atoms with Gasteiger partial charge in [-0.2, -0.15) is 0 Å². The van der Waals surface area contributed by atoms with Crippen LogP contribution in [0.2, 0.25) is 0 Å². The first kappa shape index (κ1) is 17.1. The van der Waals surface area contributed by atoms with Gasteiger partial charge in [0.15, 0.2) is 17.1 Å². The molecule has 0 unspecified atom stereocenters. The largest absolute Gasteiger partial charge is 0.493 e. The minimum atomic E-state index is -0.218. The molecule has 4 nitrogen and oxygen atoms in total. The van der Waals surface area contributed by atoms with E-state index in [2.05, 4.69) is 44.3 Å². The second-order valence-corrected chi connectivity index (χ2v) is 6.28. The maximum atomic E-state index is 12.7. The van der Waals surface area contributed by atoms with E-state index in [4.69, 9.17) is 9.15 Å². The van der Waals surface area contributed by atoms with E-state index in [0.717, 1.165) is 17.4 Å². The van der Waals surface area contributed by atoms with Gasteiger partial charge in [0.1, 0.15) is 0 Å². The van der Waals surface area contributed by atoms with Crippen molar-refractivity contribution < 1.29 is 13.9 Å². The number of rotatable bonds is 5. The molecule has 4 heteroatoms. The maximum Gasteiger partial charge on any atom is 0.287 e. The van der Waals surface area contributed by atoms with Gasteiger partial charge in [-0.05, 0) is 43.5 Å². The third-order valence-electron chi connectivity index (χ3n) is 4.47. The predicted octanol–water partition coefficient (Wildman–Crippen LogP) is 4.94. The van der Waals surface area contributed by atoms with Gasteiger partial charge in [0, 0.05) is 5.39 Å². The van der Waals surface area contributed by atoms with Crippen LogP contribution in [0.15, 0.2) is 46.9 Å². The number of aryl methyl sites for hydroxylation is 2. The van der Waals surface area contributed by atoms with E-state index < -0.39 is 0 Å². The lowest BCUT2D eigenvalue weighted by Gasteiger charge is -2.19. The van der Waals surface area contributed by atoms with E-state index in [1.54, 1.807) is 13.2 Å². The summed E-state index contributed by atoms with van der Waals surface area (Å²) in [5, 5.41) is 3.94. The fraction of sp³-hybridized carbons (Fsp3) is 0.286. The number of ether oxygens (including phenoxy) is 1. The van der Waals surface area contributed by atoms with Crippen LogP contribution in [0.4, 0.5) is 0 Å². The molecule has 0 bridgehead atoms. The van der Waals surface area contributed by atoms with Crippen LogP contribution in [0.3, 0.4) is 0 Å². The van der Waals surface area contributed by atoms with Crippen molar-refractivity contribution in [2.45, 2.75) is 33.2 Å². The molecule has 3 rings (SSSR count). The van der Waals surface area contributed by atoms with Gasteiger partial charge in [0.2, 0.25) is 0 Å². The summed E-state index contributed by atoms with van der Waals surface area (Å²) >= 11 is 0. The molecule has 1 heterocycles. The molecule has 1 aromatic heterocycles. The van der Waals surface area contributed by atoms with E-state index in [9.17, 15) is 4.79 Å². The first-order chi connectivity index (χ1) is 12.0. The Hall–Kier alpha value is -2.75. The van der Waals surface area contributed by atoms with Crippen LogP contribution in [-0.2, 0) is 0 Å². The van der Waals surface area contributed by atoms with Crippen LogP contribution in [0.5, 0.6) is 5.75 Å². The molecule has 0 spiro atoms. The van der Waals surface area contributed by atoms with Gasteiger partial charge >= 0.3 is 0 Å². The van der Waals surface area contributed by atoms with Gasteiger partial charge < -0.3 is 14.5 Å². The molecule has 0 aliphatic rings. The molecule has 130 valence electrons. The average Bonchev–Trinajstić information content (AvgIpc) is 3.04. The maximum absolute atomic E-state index is 12.7. The SMILES string of the molecule is CC[C@@H](NC(=O)c1cc2cccc(OC)c2o1)c1ccc(C)cc1C. The number of hydrogen-bond donors (Lipinski definition) is 1. The topological polar surface area (TPSA) is 51.5 Å². The summed E-state index contributed by atoms with van der Waals surface area (Å²) in [4.78, 5) is 12.7. The Balaban J connectivity index is 1.87.